The number of rotatable bonds is 5. The van der Waals surface area contributed by atoms with Crippen molar-refractivity contribution >= 4 is 0 Å². The third kappa shape index (κ3) is 2.79. The van der Waals surface area contributed by atoms with Gasteiger partial charge in [-0.1, -0.05) is 36.8 Å². The zero-order valence-corrected chi connectivity index (χ0v) is 11.4. The largest absolute Gasteiger partial charge is 0.309 e. The normalized spacial score (nSPS) is 12.6. The smallest absolute Gasteiger partial charge is 0.0605 e. The van der Waals surface area contributed by atoms with E-state index >= 15 is 0 Å². The highest BCUT2D eigenvalue weighted by Crippen LogP contribution is 2.21. The second-order valence-electron chi connectivity index (χ2n) is 4.67. The summed E-state index contributed by atoms with van der Waals surface area (Å²) in [5.74, 6) is 0. The van der Waals surface area contributed by atoms with Gasteiger partial charge in [0.05, 0.1) is 12.2 Å². The van der Waals surface area contributed by atoms with E-state index in [-0.39, 0.29) is 6.04 Å². The van der Waals surface area contributed by atoms with Crippen molar-refractivity contribution in [2.45, 2.75) is 32.9 Å². The molecule has 1 N–H and O–H groups in total. The van der Waals surface area contributed by atoms with E-state index in [2.05, 4.69) is 54.7 Å². The minimum Gasteiger partial charge on any atom is -0.309 e. The van der Waals surface area contributed by atoms with Crippen molar-refractivity contribution in [1.29, 1.82) is 0 Å². The first-order valence-corrected chi connectivity index (χ1v) is 6.50. The predicted molar refractivity (Wildman–Crippen MR) is 74.6 cm³/mol. The Hall–Kier alpha value is -1.61. The summed E-state index contributed by atoms with van der Waals surface area (Å²) in [5.41, 5.74) is 3.78. The maximum Gasteiger partial charge on any atom is 0.0605 e. The van der Waals surface area contributed by atoms with Crippen LogP contribution >= 0.6 is 0 Å². The molecule has 0 bridgehead atoms. The maximum absolute atomic E-state index is 4.39. The first-order chi connectivity index (χ1) is 8.74. The SMILES string of the molecule is CCCn1cc(C(NC)c2ccc(C)cc2)cn1. The van der Waals surface area contributed by atoms with Gasteiger partial charge in [0, 0.05) is 18.3 Å². The molecule has 0 aliphatic rings. The lowest BCUT2D eigenvalue weighted by Crippen LogP contribution is -2.17. The standard InChI is InChI=1S/C15H21N3/c1-4-9-18-11-14(10-17-18)15(16-3)13-7-5-12(2)6-8-13/h5-8,10-11,15-16H,4,9H2,1-3H3. The summed E-state index contributed by atoms with van der Waals surface area (Å²) in [6.45, 7) is 5.25. The highest BCUT2D eigenvalue weighted by Gasteiger charge is 2.13. The van der Waals surface area contributed by atoms with Gasteiger partial charge in [-0.05, 0) is 26.0 Å². The molecule has 0 saturated carbocycles. The van der Waals surface area contributed by atoms with E-state index in [4.69, 9.17) is 0 Å². The van der Waals surface area contributed by atoms with E-state index < -0.39 is 0 Å². The molecular formula is C15H21N3. The zero-order chi connectivity index (χ0) is 13.0. The Bertz CT molecular complexity index is 485. The van der Waals surface area contributed by atoms with E-state index in [0.717, 1.165) is 13.0 Å². The fraction of sp³-hybridized carbons (Fsp3) is 0.400. The molecule has 1 atom stereocenters. The third-order valence-corrected chi connectivity index (χ3v) is 3.14. The quantitative estimate of drug-likeness (QED) is 0.875. The van der Waals surface area contributed by atoms with Crippen molar-refractivity contribution < 1.29 is 0 Å². The lowest BCUT2D eigenvalue weighted by molar-refractivity contribution is 0.600. The Morgan fingerprint density at radius 1 is 1.22 bits per heavy atom. The fourth-order valence-corrected chi connectivity index (χ4v) is 2.16. The number of nitrogens with one attached hydrogen (secondary N) is 1. The maximum atomic E-state index is 4.39. The number of aryl methyl sites for hydroxylation is 2. The van der Waals surface area contributed by atoms with Crippen molar-refractivity contribution in [2.24, 2.45) is 0 Å². The minimum absolute atomic E-state index is 0.219. The summed E-state index contributed by atoms with van der Waals surface area (Å²) < 4.78 is 2.01. The topological polar surface area (TPSA) is 29.9 Å². The molecule has 1 heterocycles. The van der Waals surface area contributed by atoms with Gasteiger partial charge in [0.15, 0.2) is 0 Å². The van der Waals surface area contributed by atoms with Crippen LogP contribution in [-0.2, 0) is 6.54 Å². The van der Waals surface area contributed by atoms with Gasteiger partial charge in [-0.15, -0.1) is 0 Å². The summed E-state index contributed by atoms with van der Waals surface area (Å²) in [6, 6.07) is 8.87. The van der Waals surface area contributed by atoms with Crippen LogP contribution in [0.1, 0.15) is 36.1 Å². The fourth-order valence-electron chi connectivity index (χ4n) is 2.16. The minimum atomic E-state index is 0.219. The van der Waals surface area contributed by atoms with Gasteiger partial charge in [0.25, 0.3) is 0 Å². The van der Waals surface area contributed by atoms with Crippen molar-refractivity contribution in [3.05, 3.63) is 53.3 Å². The highest BCUT2D eigenvalue weighted by molar-refractivity contribution is 5.31. The number of nitrogens with zero attached hydrogens (tertiary/aromatic N) is 2. The molecule has 0 aliphatic heterocycles. The van der Waals surface area contributed by atoms with Crippen LogP contribution in [0.3, 0.4) is 0 Å². The number of benzene rings is 1. The predicted octanol–water partition coefficient (Wildman–Crippen LogP) is 2.91. The second kappa shape index (κ2) is 5.83. The lowest BCUT2D eigenvalue weighted by atomic mass is 10.0. The van der Waals surface area contributed by atoms with Crippen LogP contribution in [0.5, 0.6) is 0 Å². The lowest BCUT2D eigenvalue weighted by Gasteiger charge is -2.15. The Morgan fingerprint density at radius 2 is 1.94 bits per heavy atom. The van der Waals surface area contributed by atoms with Crippen LogP contribution in [-0.4, -0.2) is 16.8 Å². The van der Waals surface area contributed by atoms with Crippen molar-refractivity contribution in [3.8, 4) is 0 Å². The second-order valence-corrected chi connectivity index (χ2v) is 4.67. The van der Waals surface area contributed by atoms with Crippen molar-refractivity contribution in [1.82, 2.24) is 15.1 Å². The molecule has 0 amide bonds. The van der Waals surface area contributed by atoms with Crippen LogP contribution in [0.15, 0.2) is 36.7 Å². The Labute approximate surface area is 109 Å². The molecule has 1 aromatic heterocycles. The van der Waals surface area contributed by atoms with Gasteiger partial charge < -0.3 is 5.32 Å². The molecule has 3 heteroatoms. The number of hydrogen-bond acceptors (Lipinski definition) is 2. The Balaban J connectivity index is 2.24. The molecule has 0 spiro atoms. The van der Waals surface area contributed by atoms with E-state index in [1.54, 1.807) is 0 Å². The van der Waals surface area contributed by atoms with Gasteiger partial charge in [-0.3, -0.25) is 4.68 Å². The van der Waals surface area contributed by atoms with Crippen molar-refractivity contribution in [2.75, 3.05) is 7.05 Å². The first-order valence-electron chi connectivity index (χ1n) is 6.50. The van der Waals surface area contributed by atoms with Crippen LogP contribution in [0.25, 0.3) is 0 Å². The third-order valence-electron chi connectivity index (χ3n) is 3.14. The molecule has 0 radical (unpaired) electrons. The molecule has 1 aromatic carbocycles. The number of hydrogen-bond donors (Lipinski definition) is 1. The summed E-state index contributed by atoms with van der Waals surface area (Å²) in [4.78, 5) is 0. The van der Waals surface area contributed by atoms with E-state index in [1.165, 1.54) is 16.7 Å². The van der Waals surface area contributed by atoms with Gasteiger partial charge >= 0.3 is 0 Å². The van der Waals surface area contributed by atoms with Crippen LogP contribution in [0.2, 0.25) is 0 Å². The monoisotopic (exact) mass is 243 g/mol. The van der Waals surface area contributed by atoms with Crippen LogP contribution in [0, 0.1) is 6.92 Å². The zero-order valence-electron chi connectivity index (χ0n) is 11.4. The molecule has 2 aromatic rings. The molecule has 96 valence electrons. The van der Waals surface area contributed by atoms with Gasteiger partial charge in [0.1, 0.15) is 0 Å². The van der Waals surface area contributed by atoms with Crippen LogP contribution < -0.4 is 5.32 Å². The average Bonchev–Trinajstić information content (AvgIpc) is 2.82. The van der Waals surface area contributed by atoms with Gasteiger partial charge in [-0.2, -0.15) is 5.10 Å². The summed E-state index contributed by atoms with van der Waals surface area (Å²) in [7, 11) is 1.99. The Kier molecular flexibility index (Phi) is 4.15. The molecule has 0 fully saturated rings. The van der Waals surface area contributed by atoms with Crippen molar-refractivity contribution in [3.63, 3.8) is 0 Å². The number of aromatic nitrogens is 2. The molecule has 0 aliphatic carbocycles. The first kappa shape index (κ1) is 12.8. The van der Waals surface area contributed by atoms with Gasteiger partial charge in [-0.25, -0.2) is 0 Å². The summed E-state index contributed by atoms with van der Waals surface area (Å²) in [6.07, 6.45) is 5.19. The highest BCUT2D eigenvalue weighted by atomic mass is 15.3. The molecule has 2 rings (SSSR count). The average molecular weight is 243 g/mol. The summed E-state index contributed by atoms with van der Waals surface area (Å²) >= 11 is 0. The van der Waals surface area contributed by atoms with E-state index in [9.17, 15) is 0 Å². The molecule has 18 heavy (non-hydrogen) atoms. The van der Waals surface area contributed by atoms with E-state index in [1.807, 2.05) is 17.9 Å². The van der Waals surface area contributed by atoms with E-state index in [0.29, 0.717) is 0 Å². The Morgan fingerprint density at radius 3 is 2.56 bits per heavy atom. The van der Waals surface area contributed by atoms with Crippen LogP contribution in [0.4, 0.5) is 0 Å². The molecular weight excluding hydrogens is 222 g/mol. The summed E-state index contributed by atoms with van der Waals surface area (Å²) in [5, 5.41) is 7.75. The molecule has 0 saturated heterocycles. The molecule has 1 unspecified atom stereocenters. The van der Waals surface area contributed by atoms with Gasteiger partial charge in [0.2, 0.25) is 0 Å². The molecule has 3 nitrogen and oxygen atoms in total.